The summed E-state index contributed by atoms with van der Waals surface area (Å²) < 4.78 is 11.1. The van der Waals surface area contributed by atoms with Crippen LogP contribution >= 0.6 is 24.4 Å². The molecular weight excluding hydrogens is 697 g/mol. The van der Waals surface area contributed by atoms with E-state index in [1.807, 2.05) is 73.0 Å². The molecule has 0 atom stereocenters. The Balaban J connectivity index is 0.000000176. The lowest BCUT2D eigenvalue weighted by molar-refractivity contribution is 0.308. The molecule has 10 heteroatoms. The van der Waals surface area contributed by atoms with Gasteiger partial charge in [0.2, 0.25) is 0 Å². The second-order valence-corrected chi connectivity index (χ2v) is 13.1. The highest BCUT2D eigenvalue weighted by atomic mass is 32.1. The number of nitrogens with one attached hydrogen (secondary N) is 2. The van der Waals surface area contributed by atoms with Gasteiger partial charge in [-0.2, -0.15) is 10.2 Å². The summed E-state index contributed by atoms with van der Waals surface area (Å²) in [5.74, 6) is 2.56. The van der Waals surface area contributed by atoms with Gasteiger partial charge in [0.15, 0.2) is 21.2 Å². The maximum atomic E-state index is 10.2. The second kappa shape index (κ2) is 17.3. The molecule has 53 heavy (non-hydrogen) atoms. The number of fused-ring (bicyclic) bond motifs is 2. The molecule has 0 radical (unpaired) electrons. The van der Waals surface area contributed by atoms with Gasteiger partial charge in [-0.25, -0.2) is 0 Å². The van der Waals surface area contributed by atoms with Crippen molar-refractivity contribution >= 4 is 41.3 Å². The van der Waals surface area contributed by atoms with E-state index >= 15 is 0 Å². The molecule has 0 aliphatic heterocycles. The van der Waals surface area contributed by atoms with Gasteiger partial charge in [-0.3, -0.25) is 19.3 Å². The minimum Gasteiger partial charge on any atom is -0.507 e. The van der Waals surface area contributed by atoms with Gasteiger partial charge in [0.25, 0.3) is 0 Å². The van der Waals surface area contributed by atoms with E-state index in [-0.39, 0.29) is 5.75 Å². The number of aromatic amines is 2. The van der Waals surface area contributed by atoms with Crippen molar-refractivity contribution in [3.8, 4) is 45.6 Å². The number of para-hydroxylation sites is 1. The molecule has 2 heterocycles. The Morgan fingerprint density at radius 2 is 1.40 bits per heavy atom. The van der Waals surface area contributed by atoms with Crippen molar-refractivity contribution in [2.24, 2.45) is 0 Å². The van der Waals surface area contributed by atoms with Gasteiger partial charge in [0.1, 0.15) is 11.5 Å². The number of aryl methyl sites for hydroxylation is 1. The lowest BCUT2D eigenvalue weighted by Gasteiger charge is -2.21. The van der Waals surface area contributed by atoms with Crippen LogP contribution in [0.5, 0.6) is 11.5 Å². The fourth-order valence-corrected chi connectivity index (χ4v) is 6.92. The highest BCUT2D eigenvalue weighted by molar-refractivity contribution is 7.71. The first-order valence-electron chi connectivity index (χ1n) is 18.1. The Morgan fingerprint density at radius 3 is 2.13 bits per heavy atom. The van der Waals surface area contributed by atoms with Crippen LogP contribution in [0.2, 0.25) is 0 Å². The van der Waals surface area contributed by atoms with Crippen LogP contribution in [0.15, 0.2) is 109 Å². The molecule has 0 amide bonds. The highest BCUT2D eigenvalue weighted by Crippen LogP contribution is 2.36. The Morgan fingerprint density at radius 1 is 0.755 bits per heavy atom. The number of nitrogens with zero attached hydrogens (tertiary/aromatic N) is 4. The molecule has 0 bridgehead atoms. The first-order chi connectivity index (χ1) is 26.0. The first kappa shape index (κ1) is 37.2. The molecule has 1 aliphatic rings. The SMILES string of the molecule is CC.CCCCOc1ccc(-n2c(-c3ccccc3C)n[nH]c2=S)c2c1C=CCC2.Oc1ccccc1-c1n[nH]c(=S)n1-c1cccc2ccccc12. The van der Waals surface area contributed by atoms with Crippen LogP contribution in [0, 0.1) is 16.5 Å². The maximum Gasteiger partial charge on any atom is 0.200 e. The summed E-state index contributed by atoms with van der Waals surface area (Å²) in [7, 11) is 0. The molecule has 0 saturated heterocycles. The third-order valence-corrected chi connectivity index (χ3v) is 9.57. The van der Waals surface area contributed by atoms with E-state index < -0.39 is 0 Å². The smallest absolute Gasteiger partial charge is 0.200 e. The monoisotopic (exact) mass is 740 g/mol. The van der Waals surface area contributed by atoms with Gasteiger partial charge >= 0.3 is 0 Å². The zero-order chi connectivity index (χ0) is 37.3. The number of allylic oxidation sites excluding steroid dienone is 1. The van der Waals surface area contributed by atoms with Crippen molar-refractivity contribution in [2.75, 3.05) is 6.61 Å². The van der Waals surface area contributed by atoms with Crippen molar-refractivity contribution in [3.05, 3.63) is 135 Å². The van der Waals surface area contributed by atoms with Crippen LogP contribution < -0.4 is 4.74 Å². The summed E-state index contributed by atoms with van der Waals surface area (Å²) in [5.41, 5.74) is 7.33. The molecule has 0 spiro atoms. The zero-order valence-corrected chi connectivity index (χ0v) is 32.1. The number of benzene rings is 5. The number of hydrogen-bond donors (Lipinski definition) is 3. The lowest BCUT2D eigenvalue weighted by Crippen LogP contribution is -2.08. The molecule has 8 nitrogen and oxygen atoms in total. The Hall–Kier alpha value is -5.58. The molecule has 3 N–H and O–H groups in total. The molecular formula is C43H44N6O2S2. The highest BCUT2D eigenvalue weighted by Gasteiger charge is 2.21. The number of unbranched alkanes of at least 4 members (excludes halogenated alkanes) is 1. The third kappa shape index (κ3) is 7.79. The van der Waals surface area contributed by atoms with Crippen molar-refractivity contribution < 1.29 is 9.84 Å². The van der Waals surface area contributed by atoms with Gasteiger partial charge in [-0.1, -0.05) is 112 Å². The summed E-state index contributed by atoms with van der Waals surface area (Å²) in [6.07, 6.45) is 8.57. The predicted molar refractivity (Wildman–Crippen MR) is 221 cm³/mol. The number of H-pyrrole nitrogens is 2. The molecule has 0 fully saturated rings. The minimum absolute atomic E-state index is 0.169. The Bertz CT molecular complexity index is 2480. The molecule has 2 aromatic heterocycles. The van der Waals surface area contributed by atoms with E-state index in [1.54, 1.807) is 12.1 Å². The van der Waals surface area contributed by atoms with Crippen molar-refractivity contribution in [1.82, 2.24) is 29.5 Å². The molecule has 7 aromatic rings. The minimum atomic E-state index is 0.169. The van der Waals surface area contributed by atoms with Gasteiger partial charge < -0.3 is 9.84 Å². The average Bonchev–Trinajstić information content (AvgIpc) is 3.77. The summed E-state index contributed by atoms with van der Waals surface area (Å²) >= 11 is 11.0. The second-order valence-electron chi connectivity index (χ2n) is 12.3. The van der Waals surface area contributed by atoms with Crippen LogP contribution in [0.3, 0.4) is 0 Å². The summed E-state index contributed by atoms with van der Waals surface area (Å²) in [5, 5.41) is 27.0. The summed E-state index contributed by atoms with van der Waals surface area (Å²) in [4.78, 5) is 0. The molecule has 270 valence electrons. The van der Waals surface area contributed by atoms with E-state index in [2.05, 4.69) is 87.4 Å². The third-order valence-electron chi connectivity index (χ3n) is 9.02. The van der Waals surface area contributed by atoms with Crippen molar-refractivity contribution in [1.29, 1.82) is 0 Å². The van der Waals surface area contributed by atoms with Crippen molar-refractivity contribution in [2.45, 2.75) is 53.4 Å². The fraction of sp³-hybridized carbons (Fsp3) is 0.209. The average molecular weight is 741 g/mol. The number of aromatic hydroxyl groups is 1. The van der Waals surface area contributed by atoms with Gasteiger partial charge in [-0.05, 0) is 97.5 Å². The topological polar surface area (TPSA) is 96.7 Å². The Kier molecular flexibility index (Phi) is 12.1. The van der Waals surface area contributed by atoms with E-state index in [1.165, 1.54) is 16.7 Å². The number of hydrogen-bond acceptors (Lipinski definition) is 6. The largest absolute Gasteiger partial charge is 0.507 e. The summed E-state index contributed by atoms with van der Waals surface area (Å²) in [6.45, 7) is 9.02. The number of rotatable bonds is 8. The molecule has 5 aromatic carbocycles. The normalized spacial score (nSPS) is 11.6. The number of aromatic nitrogens is 6. The van der Waals surface area contributed by atoms with Crippen LogP contribution in [-0.4, -0.2) is 41.2 Å². The van der Waals surface area contributed by atoms with E-state index in [9.17, 15) is 5.11 Å². The van der Waals surface area contributed by atoms with Gasteiger partial charge in [0, 0.05) is 16.5 Å². The molecule has 0 saturated carbocycles. The van der Waals surface area contributed by atoms with Crippen LogP contribution in [0.4, 0.5) is 0 Å². The number of ether oxygens (including phenoxy) is 1. The van der Waals surface area contributed by atoms with Gasteiger partial charge in [-0.15, -0.1) is 0 Å². The van der Waals surface area contributed by atoms with E-state index in [0.717, 1.165) is 71.6 Å². The quantitative estimate of drug-likeness (QED) is 0.106. The van der Waals surface area contributed by atoms with Crippen LogP contribution in [-0.2, 0) is 6.42 Å². The fourth-order valence-electron chi connectivity index (χ4n) is 6.46. The van der Waals surface area contributed by atoms with Crippen LogP contribution in [0.1, 0.15) is 56.7 Å². The first-order valence-corrected chi connectivity index (χ1v) is 18.9. The molecule has 1 aliphatic carbocycles. The standard InChI is InChI=1S/C23H25N3OS.C18H13N3OS.C2H6/c1-3-4-15-27-21-14-13-20(18-11-7-8-12-19(18)21)26-22(24-25-23(26)28)17-10-6-5-9-16(17)2;22-16-11-4-3-9-14(16)17-19-20-18(23)21(17)15-10-5-7-12-6-1-2-8-13(12)15;1-2/h5-6,8-10,12-14H,3-4,7,11,15H2,1-2H3,(H,25,28);1-11,22H,(H,20,23);1-2H3. The van der Waals surface area contributed by atoms with Crippen molar-refractivity contribution in [3.63, 3.8) is 0 Å². The lowest BCUT2D eigenvalue weighted by atomic mass is 9.94. The van der Waals surface area contributed by atoms with Gasteiger partial charge in [0.05, 0.1) is 23.5 Å². The molecule has 8 rings (SSSR count). The summed E-state index contributed by atoms with van der Waals surface area (Å²) in [6, 6.07) is 33.7. The maximum absolute atomic E-state index is 10.2. The number of phenolic OH excluding ortho intramolecular Hbond substituents is 1. The van der Waals surface area contributed by atoms with E-state index in [4.69, 9.17) is 29.2 Å². The molecule has 0 unspecified atom stereocenters. The Labute approximate surface area is 320 Å². The van der Waals surface area contributed by atoms with E-state index in [0.29, 0.717) is 20.9 Å². The van der Waals surface area contributed by atoms with Crippen LogP contribution in [0.25, 0.3) is 51.0 Å². The number of phenols is 1. The predicted octanol–water partition coefficient (Wildman–Crippen LogP) is 11.5. The zero-order valence-electron chi connectivity index (χ0n) is 30.5.